The van der Waals surface area contributed by atoms with Crippen molar-refractivity contribution in [1.29, 1.82) is 0 Å². The summed E-state index contributed by atoms with van der Waals surface area (Å²) in [6, 6.07) is 0. The van der Waals surface area contributed by atoms with E-state index in [1.165, 1.54) is 0 Å². The Morgan fingerprint density at radius 1 is 1.10 bits per heavy atom. The second-order valence-electron chi connectivity index (χ2n) is 6.28. The summed E-state index contributed by atoms with van der Waals surface area (Å²) in [5.41, 5.74) is 0. The van der Waals surface area contributed by atoms with Gasteiger partial charge in [-0.25, -0.2) is 4.79 Å². The van der Waals surface area contributed by atoms with Crippen LogP contribution in [0.3, 0.4) is 0 Å². The van der Waals surface area contributed by atoms with E-state index in [1.54, 1.807) is 27.7 Å². The maximum Gasteiger partial charge on any atom is 0.506 e. The van der Waals surface area contributed by atoms with E-state index >= 15 is 0 Å². The highest BCUT2D eigenvalue weighted by Gasteiger charge is 2.60. The predicted molar refractivity (Wildman–Crippen MR) is 66.5 cm³/mol. The summed E-state index contributed by atoms with van der Waals surface area (Å²) in [7, 11) is 0. The van der Waals surface area contributed by atoms with E-state index in [1.807, 2.05) is 0 Å². The smallest absolute Gasteiger partial charge is 0.450 e. The van der Waals surface area contributed by atoms with E-state index in [4.69, 9.17) is 33.5 Å². The molecule has 21 heavy (non-hydrogen) atoms. The minimum atomic E-state index is -1.39. The van der Waals surface area contributed by atoms with Gasteiger partial charge >= 0.3 is 6.16 Å². The molecule has 0 unspecified atom stereocenters. The van der Waals surface area contributed by atoms with Crippen LogP contribution < -0.4 is 0 Å². The third-order valence-electron chi connectivity index (χ3n) is 3.66. The average Bonchev–Trinajstić information content (AvgIpc) is 2.90. The zero-order valence-corrected chi connectivity index (χ0v) is 12.4. The molecule has 3 saturated heterocycles. The highest BCUT2D eigenvalue weighted by molar-refractivity contribution is 5.57. The van der Waals surface area contributed by atoms with Gasteiger partial charge in [-0.3, -0.25) is 0 Å². The molecule has 0 bridgehead atoms. The Bertz CT molecular complexity index is 434. The molecule has 0 aromatic rings. The molecule has 3 rings (SSSR count). The minimum absolute atomic E-state index is 0.292. The molecule has 3 heterocycles. The minimum Gasteiger partial charge on any atom is -0.450 e. The molecule has 3 fully saturated rings. The molecule has 0 amide bonds. The molecule has 0 spiro atoms. The zero-order chi connectivity index (χ0) is 15.4. The van der Waals surface area contributed by atoms with Crippen LogP contribution in [0.2, 0.25) is 0 Å². The van der Waals surface area contributed by atoms with Gasteiger partial charge in [-0.05, 0) is 27.7 Å². The Morgan fingerprint density at radius 2 is 1.81 bits per heavy atom. The molecular weight excluding hydrogens is 284 g/mol. The molecule has 0 aliphatic carbocycles. The molecule has 1 N–H and O–H groups in total. The van der Waals surface area contributed by atoms with Crippen LogP contribution in [0.25, 0.3) is 0 Å². The molecule has 8 nitrogen and oxygen atoms in total. The lowest BCUT2D eigenvalue weighted by Crippen LogP contribution is -2.45. The summed E-state index contributed by atoms with van der Waals surface area (Å²) in [6.45, 7) is 7.33. The summed E-state index contributed by atoms with van der Waals surface area (Å²) in [5, 5.41) is 8.94. The quantitative estimate of drug-likeness (QED) is 0.758. The number of fused-ring (bicyclic) bond motifs is 1. The Kier molecular flexibility index (Phi) is 3.42. The van der Waals surface area contributed by atoms with Crippen LogP contribution in [0.4, 0.5) is 4.79 Å². The van der Waals surface area contributed by atoms with Crippen molar-refractivity contribution in [1.82, 2.24) is 0 Å². The van der Waals surface area contributed by atoms with E-state index in [2.05, 4.69) is 0 Å². The summed E-state index contributed by atoms with van der Waals surface area (Å²) >= 11 is 0. The van der Waals surface area contributed by atoms with Gasteiger partial charge < -0.3 is 33.5 Å². The standard InChI is InChI=1S/C13H20O8/c1-12(2)16-5-6(19-12)7-8(18-11(14)15)9-10(17-7)21-13(3,4)20-9/h6-10H,5H2,1-4H3,(H,14,15)/t6-,7-,8+,9-,10-/m0/s1. The highest BCUT2D eigenvalue weighted by Crippen LogP contribution is 2.41. The van der Waals surface area contributed by atoms with Gasteiger partial charge in [-0.15, -0.1) is 0 Å². The van der Waals surface area contributed by atoms with Gasteiger partial charge in [0.25, 0.3) is 0 Å². The van der Waals surface area contributed by atoms with E-state index in [0.29, 0.717) is 6.61 Å². The van der Waals surface area contributed by atoms with Gasteiger partial charge in [-0.2, -0.15) is 0 Å². The Hall–Kier alpha value is -0.930. The molecule has 5 atom stereocenters. The van der Waals surface area contributed by atoms with Crippen molar-refractivity contribution in [3.8, 4) is 0 Å². The van der Waals surface area contributed by atoms with Crippen LogP contribution in [0.5, 0.6) is 0 Å². The van der Waals surface area contributed by atoms with E-state index < -0.39 is 48.4 Å². The molecule has 0 aromatic carbocycles. The largest absolute Gasteiger partial charge is 0.506 e. The van der Waals surface area contributed by atoms with E-state index in [-0.39, 0.29) is 0 Å². The summed E-state index contributed by atoms with van der Waals surface area (Å²) in [6.07, 6.45) is -4.58. The van der Waals surface area contributed by atoms with E-state index in [0.717, 1.165) is 0 Å². The number of hydrogen-bond acceptors (Lipinski definition) is 7. The maximum absolute atomic E-state index is 10.9. The number of rotatable bonds is 2. The third kappa shape index (κ3) is 2.86. The fourth-order valence-electron chi connectivity index (χ4n) is 2.93. The second kappa shape index (κ2) is 4.79. The van der Waals surface area contributed by atoms with Crippen molar-refractivity contribution in [2.45, 2.75) is 70.0 Å². The molecule has 0 radical (unpaired) electrons. The SMILES string of the molecule is CC1(C)O[C@@H]2O[C@@H]([C@@H]3COC(C)(C)O3)[C@@H](OC(=O)O)[C@@H]2O1. The van der Waals surface area contributed by atoms with Gasteiger partial charge in [0.2, 0.25) is 0 Å². The van der Waals surface area contributed by atoms with Gasteiger partial charge in [0, 0.05) is 0 Å². The van der Waals surface area contributed by atoms with Crippen molar-refractivity contribution in [2.75, 3.05) is 6.61 Å². The van der Waals surface area contributed by atoms with Crippen LogP contribution in [0.15, 0.2) is 0 Å². The van der Waals surface area contributed by atoms with Crippen molar-refractivity contribution in [3.63, 3.8) is 0 Å². The normalized spacial score (nSPS) is 43.7. The monoisotopic (exact) mass is 304 g/mol. The first-order valence-corrected chi connectivity index (χ1v) is 6.89. The summed E-state index contributed by atoms with van der Waals surface area (Å²) in [5.74, 6) is -1.58. The first kappa shape index (κ1) is 15.0. The van der Waals surface area contributed by atoms with Crippen LogP contribution in [0, 0.1) is 0 Å². The van der Waals surface area contributed by atoms with Crippen molar-refractivity contribution in [2.24, 2.45) is 0 Å². The maximum atomic E-state index is 10.9. The lowest BCUT2D eigenvalue weighted by atomic mass is 10.1. The second-order valence-corrected chi connectivity index (χ2v) is 6.28. The summed E-state index contributed by atoms with van der Waals surface area (Å²) < 4.78 is 33.3. The molecule has 3 aliphatic heterocycles. The Balaban J connectivity index is 1.77. The first-order chi connectivity index (χ1) is 9.67. The van der Waals surface area contributed by atoms with Gasteiger partial charge in [0.1, 0.15) is 12.2 Å². The van der Waals surface area contributed by atoms with Crippen molar-refractivity contribution in [3.05, 3.63) is 0 Å². The zero-order valence-electron chi connectivity index (χ0n) is 12.4. The molecule has 120 valence electrons. The Morgan fingerprint density at radius 3 is 2.38 bits per heavy atom. The fourth-order valence-corrected chi connectivity index (χ4v) is 2.93. The molecular formula is C13H20O8. The molecule has 3 aliphatic rings. The molecule has 0 saturated carbocycles. The lowest BCUT2D eigenvalue weighted by Gasteiger charge is -2.28. The van der Waals surface area contributed by atoms with Crippen LogP contribution in [0.1, 0.15) is 27.7 Å². The first-order valence-electron chi connectivity index (χ1n) is 6.89. The average molecular weight is 304 g/mol. The van der Waals surface area contributed by atoms with Gasteiger partial charge in [0.15, 0.2) is 30.1 Å². The number of hydrogen-bond donors (Lipinski definition) is 1. The number of carbonyl (C=O) groups is 1. The van der Waals surface area contributed by atoms with Crippen molar-refractivity contribution >= 4 is 6.16 Å². The lowest BCUT2D eigenvalue weighted by molar-refractivity contribution is -0.232. The van der Waals surface area contributed by atoms with Gasteiger partial charge in [-0.1, -0.05) is 0 Å². The topological polar surface area (TPSA) is 92.7 Å². The number of ether oxygens (including phenoxy) is 6. The van der Waals surface area contributed by atoms with Crippen LogP contribution in [-0.4, -0.2) is 60.1 Å². The number of carboxylic acid groups (broad SMARTS) is 1. The molecule has 8 heteroatoms. The van der Waals surface area contributed by atoms with Gasteiger partial charge in [0.05, 0.1) is 6.61 Å². The van der Waals surface area contributed by atoms with E-state index in [9.17, 15) is 4.79 Å². The van der Waals surface area contributed by atoms with Crippen molar-refractivity contribution < 1.29 is 38.3 Å². The van der Waals surface area contributed by atoms with Crippen LogP contribution in [-0.2, 0) is 28.4 Å². The Labute approximate surface area is 122 Å². The summed E-state index contributed by atoms with van der Waals surface area (Å²) in [4.78, 5) is 10.9. The third-order valence-corrected chi connectivity index (χ3v) is 3.66. The van der Waals surface area contributed by atoms with Crippen LogP contribution >= 0.6 is 0 Å². The molecule has 0 aromatic heterocycles. The predicted octanol–water partition coefficient (Wildman–Crippen LogP) is 1.08. The highest BCUT2D eigenvalue weighted by atomic mass is 16.9. The fraction of sp³-hybridized carbons (Fsp3) is 0.923.